The van der Waals surface area contributed by atoms with Gasteiger partial charge >= 0.3 is 0 Å². The van der Waals surface area contributed by atoms with E-state index in [9.17, 15) is 17.6 Å². The van der Waals surface area contributed by atoms with E-state index in [0.29, 0.717) is 6.42 Å². The van der Waals surface area contributed by atoms with Crippen LogP contribution in [0.4, 0.5) is 4.39 Å². The second kappa shape index (κ2) is 6.28. The summed E-state index contributed by atoms with van der Waals surface area (Å²) in [7, 11) is -3.46. The average Bonchev–Trinajstić information content (AvgIpc) is 2.35. The number of carbonyl (C=O) groups excluding carboxylic acids is 1. The topological polar surface area (TPSA) is 51.2 Å². The zero-order chi connectivity index (χ0) is 14.6. The van der Waals surface area contributed by atoms with Crippen molar-refractivity contribution in [2.24, 2.45) is 5.92 Å². The molecule has 1 atom stereocenters. The summed E-state index contributed by atoms with van der Waals surface area (Å²) in [5, 5.41) is -1.09. The second-order valence-corrected chi connectivity index (χ2v) is 7.50. The number of hydrogen-bond acceptors (Lipinski definition) is 3. The zero-order valence-corrected chi connectivity index (χ0v) is 12.2. The molecule has 0 aliphatic heterocycles. The van der Waals surface area contributed by atoms with Crippen LogP contribution in [0, 0.1) is 11.7 Å². The quantitative estimate of drug-likeness (QED) is 0.756. The van der Waals surface area contributed by atoms with Crippen LogP contribution in [-0.2, 0) is 9.84 Å². The molecule has 0 saturated heterocycles. The largest absolute Gasteiger partial charge is 0.293 e. The minimum Gasteiger partial charge on any atom is -0.293 e. The number of sulfone groups is 1. The lowest BCUT2D eigenvalue weighted by atomic mass is 10.1. The third kappa shape index (κ3) is 4.42. The number of rotatable bonds is 6. The molecule has 1 aromatic rings. The summed E-state index contributed by atoms with van der Waals surface area (Å²) in [6, 6.07) is 4.93. The Morgan fingerprint density at radius 3 is 2.16 bits per heavy atom. The van der Waals surface area contributed by atoms with Crippen LogP contribution < -0.4 is 0 Å². The Morgan fingerprint density at radius 1 is 1.16 bits per heavy atom. The smallest absolute Gasteiger partial charge is 0.180 e. The van der Waals surface area contributed by atoms with E-state index >= 15 is 0 Å². The van der Waals surface area contributed by atoms with Gasteiger partial charge in [0, 0.05) is 5.56 Å². The van der Waals surface area contributed by atoms with Crippen LogP contribution in [-0.4, -0.2) is 25.2 Å². The number of hydrogen-bond donors (Lipinski definition) is 0. The maximum absolute atomic E-state index is 12.8. The Morgan fingerprint density at radius 2 is 1.68 bits per heavy atom. The summed E-state index contributed by atoms with van der Waals surface area (Å²) in [5.74, 6) is -0.669. The van der Waals surface area contributed by atoms with Gasteiger partial charge in [-0.15, -0.1) is 0 Å². The van der Waals surface area contributed by atoms with Crippen LogP contribution in [0.2, 0.25) is 0 Å². The van der Waals surface area contributed by atoms with E-state index in [2.05, 4.69) is 0 Å². The lowest BCUT2D eigenvalue weighted by molar-refractivity contribution is 0.0991. The van der Waals surface area contributed by atoms with Crippen LogP contribution in [0.25, 0.3) is 0 Å². The summed E-state index contributed by atoms with van der Waals surface area (Å²) in [5.41, 5.74) is 0.224. The number of carbonyl (C=O) groups is 1. The minimum atomic E-state index is -3.46. The van der Waals surface area contributed by atoms with Crippen LogP contribution in [0.1, 0.15) is 37.6 Å². The van der Waals surface area contributed by atoms with Gasteiger partial charge in [0.1, 0.15) is 11.1 Å². The molecular formula is C14H19FO3S. The fourth-order valence-electron chi connectivity index (χ4n) is 1.59. The Bertz CT molecular complexity index is 532. The lowest BCUT2D eigenvalue weighted by Crippen LogP contribution is -2.30. The number of Topliss-reactive ketones (excluding diaryl/α,β-unsaturated/α-hetero) is 1. The maximum atomic E-state index is 12.8. The molecule has 0 aliphatic rings. The van der Waals surface area contributed by atoms with Gasteiger partial charge in [-0.3, -0.25) is 4.79 Å². The van der Waals surface area contributed by atoms with Crippen molar-refractivity contribution in [2.75, 3.05) is 5.75 Å². The van der Waals surface area contributed by atoms with E-state index in [1.54, 1.807) is 0 Å². The Labute approximate surface area is 113 Å². The van der Waals surface area contributed by atoms with E-state index in [4.69, 9.17) is 0 Å². The highest BCUT2D eigenvalue weighted by molar-refractivity contribution is 7.92. The standard InChI is InChI=1S/C14H19FO3S/c1-10(2)8-9-19(17,18)11(3)14(16)12-4-6-13(15)7-5-12/h4-7,10-11H,8-9H2,1-3H3. The van der Waals surface area contributed by atoms with Crippen molar-refractivity contribution in [2.45, 2.75) is 32.4 Å². The van der Waals surface area contributed by atoms with Crippen molar-refractivity contribution in [3.8, 4) is 0 Å². The summed E-state index contributed by atoms with van der Waals surface area (Å²) in [6.45, 7) is 5.26. The van der Waals surface area contributed by atoms with E-state index in [1.165, 1.54) is 19.1 Å². The van der Waals surface area contributed by atoms with E-state index in [-0.39, 0.29) is 17.2 Å². The molecule has 0 fully saturated rings. The van der Waals surface area contributed by atoms with Gasteiger partial charge in [-0.1, -0.05) is 13.8 Å². The predicted molar refractivity (Wildman–Crippen MR) is 73.4 cm³/mol. The minimum absolute atomic E-state index is 0.00122. The predicted octanol–water partition coefficient (Wildman–Crippen LogP) is 2.86. The van der Waals surface area contributed by atoms with Crippen molar-refractivity contribution >= 4 is 15.6 Å². The highest BCUT2D eigenvalue weighted by atomic mass is 32.2. The third-order valence-corrected chi connectivity index (χ3v) is 5.11. The van der Waals surface area contributed by atoms with Crippen molar-refractivity contribution in [1.82, 2.24) is 0 Å². The molecular weight excluding hydrogens is 267 g/mol. The summed E-state index contributed by atoms with van der Waals surface area (Å²) < 4.78 is 36.8. The molecule has 0 saturated carbocycles. The van der Waals surface area contributed by atoms with Crippen molar-refractivity contribution in [3.05, 3.63) is 35.6 Å². The molecule has 1 aromatic carbocycles. The van der Waals surface area contributed by atoms with Crippen LogP contribution >= 0.6 is 0 Å². The highest BCUT2D eigenvalue weighted by Crippen LogP contribution is 2.14. The van der Waals surface area contributed by atoms with Crippen LogP contribution in [0.5, 0.6) is 0 Å². The molecule has 3 nitrogen and oxygen atoms in total. The fraction of sp³-hybridized carbons (Fsp3) is 0.500. The average molecular weight is 286 g/mol. The van der Waals surface area contributed by atoms with Gasteiger partial charge in [0.25, 0.3) is 0 Å². The van der Waals surface area contributed by atoms with Gasteiger partial charge in [-0.05, 0) is 43.5 Å². The van der Waals surface area contributed by atoms with Gasteiger partial charge in [0.05, 0.1) is 5.75 Å². The molecule has 0 aromatic heterocycles. The second-order valence-electron chi connectivity index (χ2n) is 5.06. The molecule has 0 bridgehead atoms. The first-order valence-electron chi connectivity index (χ1n) is 6.25. The normalized spacial score (nSPS) is 13.5. The molecule has 5 heteroatoms. The zero-order valence-electron chi connectivity index (χ0n) is 11.4. The Kier molecular flexibility index (Phi) is 5.23. The molecule has 0 N–H and O–H groups in total. The number of benzene rings is 1. The van der Waals surface area contributed by atoms with Crippen molar-refractivity contribution in [3.63, 3.8) is 0 Å². The van der Waals surface area contributed by atoms with Crippen LogP contribution in [0.3, 0.4) is 0 Å². The van der Waals surface area contributed by atoms with E-state index in [0.717, 1.165) is 12.1 Å². The Hall–Kier alpha value is -1.23. The first kappa shape index (κ1) is 15.8. The molecule has 1 unspecified atom stereocenters. The van der Waals surface area contributed by atoms with Gasteiger partial charge in [-0.2, -0.15) is 0 Å². The Balaban J connectivity index is 2.84. The third-order valence-electron chi connectivity index (χ3n) is 3.02. The maximum Gasteiger partial charge on any atom is 0.180 e. The molecule has 19 heavy (non-hydrogen) atoms. The summed E-state index contributed by atoms with van der Waals surface area (Å²) in [6.07, 6.45) is 0.531. The highest BCUT2D eigenvalue weighted by Gasteiger charge is 2.28. The fourth-order valence-corrected chi connectivity index (χ4v) is 3.20. The SMILES string of the molecule is CC(C)CCS(=O)(=O)C(C)C(=O)c1ccc(F)cc1. The van der Waals surface area contributed by atoms with Gasteiger partial charge < -0.3 is 0 Å². The lowest BCUT2D eigenvalue weighted by Gasteiger charge is -2.13. The first-order valence-corrected chi connectivity index (χ1v) is 7.97. The van der Waals surface area contributed by atoms with Crippen molar-refractivity contribution in [1.29, 1.82) is 0 Å². The molecule has 0 spiro atoms. The van der Waals surface area contributed by atoms with Gasteiger partial charge in [0.15, 0.2) is 15.6 Å². The molecule has 0 aliphatic carbocycles. The summed E-state index contributed by atoms with van der Waals surface area (Å²) in [4.78, 5) is 12.0. The summed E-state index contributed by atoms with van der Waals surface area (Å²) >= 11 is 0. The number of halogens is 1. The number of ketones is 1. The van der Waals surface area contributed by atoms with Gasteiger partial charge in [0.2, 0.25) is 0 Å². The van der Waals surface area contributed by atoms with Crippen molar-refractivity contribution < 1.29 is 17.6 Å². The van der Waals surface area contributed by atoms with Crippen LogP contribution in [0.15, 0.2) is 24.3 Å². The van der Waals surface area contributed by atoms with E-state index < -0.39 is 26.7 Å². The monoisotopic (exact) mass is 286 g/mol. The molecule has 1 rings (SSSR count). The van der Waals surface area contributed by atoms with Gasteiger partial charge in [-0.25, -0.2) is 12.8 Å². The van der Waals surface area contributed by atoms with E-state index in [1.807, 2.05) is 13.8 Å². The first-order chi connectivity index (χ1) is 8.74. The molecule has 106 valence electrons. The molecule has 0 heterocycles. The molecule has 0 amide bonds. The molecule has 0 radical (unpaired) electrons.